The van der Waals surface area contributed by atoms with E-state index in [2.05, 4.69) is 24.0 Å². The van der Waals surface area contributed by atoms with Gasteiger partial charge in [-0.1, -0.05) is 20.3 Å². The molecule has 0 aliphatic carbocycles. The molecule has 0 aromatic carbocycles. The van der Waals surface area contributed by atoms with Crippen LogP contribution in [0.3, 0.4) is 0 Å². The van der Waals surface area contributed by atoms with E-state index in [-0.39, 0.29) is 0 Å². The molecule has 4 heteroatoms. The summed E-state index contributed by atoms with van der Waals surface area (Å²) in [5, 5.41) is 8.11. The smallest absolute Gasteiger partial charge is 0.147 e. The van der Waals surface area contributed by atoms with E-state index in [9.17, 15) is 0 Å². The van der Waals surface area contributed by atoms with E-state index in [1.807, 2.05) is 11.6 Å². The molecule has 0 saturated carbocycles. The van der Waals surface area contributed by atoms with Gasteiger partial charge in [-0.2, -0.15) is 0 Å². The van der Waals surface area contributed by atoms with Crippen molar-refractivity contribution < 1.29 is 0 Å². The van der Waals surface area contributed by atoms with Crippen LogP contribution in [0.2, 0.25) is 0 Å². The highest BCUT2D eigenvalue weighted by Gasteiger charge is 2.09. The Bertz CT molecular complexity index is 270. The van der Waals surface area contributed by atoms with E-state index in [4.69, 9.17) is 11.6 Å². The molecule has 13 heavy (non-hydrogen) atoms. The van der Waals surface area contributed by atoms with E-state index >= 15 is 0 Å². The van der Waals surface area contributed by atoms with Crippen LogP contribution >= 0.6 is 11.6 Å². The lowest BCUT2D eigenvalue weighted by atomic mass is 10.1. The second-order valence-electron chi connectivity index (χ2n) is 3.44. The summed E-state index contributed by atoms with van der Waals surface area (Å²) < 4.78 is 1.99. The summed E-state index contributed by atoms with van der Waals surface area (Å²) in [6.45, 7) is 4.40. The third-order valence-corrected chi connectivity index (χ3v) is 2.64. The van der Waals surface area contributed by atoms with Crippen molar-refractivity contribution >= 4 is 11.6 Å². The largest absolute Gasteiger partial charge is 0.317 e. The number of alkyl halides is 1. The highest BCUT2D eigenvalue weighted by Crippen LogP contribution is 2.10. The molecule has 1 rings (SSSR count). The van der Waals surface area contributed by atoms with Crippen molar-refractivity contribution in [2.45, 2.75) is 32.6 Å². The maximum absolute atomic E-state index is 5.69. The van der Waals surface area contributed by atoms with Gasteiger partial charge in [0, 0.05) is 13.5 Å². The van der Waals surface area contributed by atoms with Gasteiger partial charge in [0.15, 0.2) is 0 Å². The van der Waals surface area contributed by atoms with Crippen LogP contribution in [0, 0.1) is 5.92 Å². The maximum atomic E-state index is 5.69. The molecular weight excluding hydrogens is 186 g/mol. The fraction of sp³-hybridized carbons (Fsp3) is 0.778. The van der Waals surface area contributed by atoms with E-state index in [0.29, 0.717) is 11.8 Å². The lowest BCUT2D eigenvalue weighted by molar-refractivity contribution is 0.531. The molecule has 74 valence electrons. The first-order valence-electron chi connectivity index (χ1n) is 4.62. The Morgan fingerprint density at radius 3 is 2.46 bits per heavy atom. The van der Waals surface area contributed by atoms with E-state index < -0.39 is 0 Å². The van der Waals surface area contributed by atoms with Gasteiger partial charge in [-0.05, 0) is 5.92 Å². The molecule has 0 amide bonds. The molecule has 0 fully saturated rings. The van der Waals surface area contributed by atoms with Crippen LogP contribution in [0.4, 0.5) is 0 Å². The van der Waals surface area contributed by atoms with Crippen LogP contribution in [0.1, 0.15) is 31.9 Å². The molecule has 0 aliphatic rings. The summed E-state index contributed by atoms with van der Waals surface area (Å²) in [6, 6.07) is 0. The highest BCUT2D eigenvalue weighted by atomic mass is 35.5. The summed E-state index contributed by atoms with van der Waals surface area (Å²) in [5.41, 5.74) is 0. The molecule has 0 bridgehead atoms. The number of rotatable bonds is 4. The normalized spacial score (nSPS) is 13.2. The van der Waals surface area contributed by atoms with Crippen molar-refractivity contribution in [2.75, 3.05) is 0 Å². The van der Waals surface area contributed by atoms with Gasteiger partial charge in [0.25, 0.3) is 0 Å². The topological polar surface area (TPSA) is 30.7 Å². The molecule has 0 saturated heterocycles. The number of nitrogens with zero attached hydrogens (tertiary/aromatic N) is 3. The average molecular weight is 202 g/mol. The fourth-order valence-electron chi connectivity index (χ4n) is 1.15. The van der Waals surface area contributed by atoms with E-state index in [1.165, 1.54) is 6.42 Å². The third kappa shape index (κ3) is 2.44. The first-order chi connectivity index (χ1) is 6.19. The van der Waals surface area contributed by atoms with Gasteiger partial charge in [0.1, 0.15) is 11.6 Å². The summed E-state index contributed by atoms with van der Waals surface area (Å²) >= 11 is 5.69. The van der Waals surface area contributed by atoms with Crippen LogP contribution in [0.5, 0.6) is 0 Å². The van der Waals surface area contributed by atoms with Crippen LogP contribution in [-0.4, -0.2) is 14.8 Å². The van der Waals surface area contributed by atoms with Gasteiger partial charge in [0.2, 0.25) is 0 Å². The van der Waals surface area contributed by atoms with Crippen molar-refractivity contribution in [3.05, 3.63) is 11.6 Å². The summed E-state index contributed by atoms with van der Waals surface area (Å²) in [4.78, 5) is 0. The van der Waals surface area contributed by atoms with Crippen LogP contribution in [0.25, 0.3) is 0 Å². The maximum Gasteiger partial charge on any atom is 0.147 e. The van der Waals surface area contributed by atoms with Crippen molar-refractivity contribution in [3.8, 4) is 0 Å². The Morgan fingerprint density at radius 2 is 2.00 bits per heavy atom. The average Bonchev–Trinajstić information content (AvgIpc) is 2.48. The van der Waals surface area contributed by atoms with Gasteiger partial charge in [0.05, 0.1) is 5.88 Å². The van der Waals surface area contributed by atoms with Gasteiger partial charge >= 0.3 is 0 Å². The minimum absolute atomic E-state index is 0.435. The SMILES string of the molecule is CCC(C)Cc1nnc(CCl)n1C. The standard InChI is InChI=1S/C9H16ClN3/c1-4-7(2)5-8-11-12-9(6-10)13(8)3/h7H,4-6H2,1-3H3. The Balaban J connectivity index is 2.72. The zero-order valence-electron chi connectivity index (χ0n) is 8.42. The van der Waals surface area contributed by atoms with Crippen molar-refractivity contribution in [1.82, 2.24) is 14.8 Å². The Morgan fingerprint density at radius 1 is 1.38 bits per heavy atom. The molecule has 1 heterocycles. The number of aromatic nitrogens is 3. The van der Waals surface area contributed by atoms with Crippen molar-refractivity contribution in [1.29, 1.82) is 0 Å². The van der Waals surface area contributed by atoms with Crippen molar-refractivity contribution in [2.24, 2.45) is 13.0 Å². The molecule has 1 atom stereocenters. The van der Waals surface area contributed by atoms with E-state index in [0.717, 1.165) is 18.1 Å². The number of hydrogen-bond donors (Lipinski definition) is 0. The lowest BCUT2D eigenvalue weighted by Gasteiger charge is -2.07. The Hall–Kier alpha value is -0.570. The zero-order chi connectivity index (χ0) is 9.84. The van der Waals surface area contributed by atoms with Crippen LogP contribution in [-0.2, 0) is 19.3 Å². The fourth-order valence-corrected chi connectivity index (χ4v) is 1.38. The molecule has 0 radical (unpaired) electrons. The minimum atomic E-state index is 0.435. The molecule has 1 aromatic rings. The van der Waals surface area contributed by atoms with Gasteiger partial charge in [-0.25, -0.2) is 0 Å². The van der Waals surface area contributed by atoms with Crippen molar-refractivity contribution in [3.63, 3.8) is 0 Å². The molecule has 1 aromatic heterocycles. The van der Waals surface area contributed by atoms with Gasteiger partial charge in [-0.3, -0.25) is 0 Å². The summed E-state index contributed by atoms with van der Waals surface area (Å²) in [7, 11) is 1.97. The number of hydrogen-bond acceptors (Lipinski definition) is 2. The molecule has 0 spiro atoms. The third-order valence-electron chi connectivity index (χ3n) is 2.40. The molecule has 3 nitrogen and oxygen atoms in total. The zero-order valence-corrected chi connectivity index (χ0v) is 9.17. The van der Waals surface area contributed by atoms with Crippen LogP contribution < -0.4 is 0 Å². The Labute approximate surface area is 84.1 Å². The van der Waals surface area contributed by atoms with Gasteiger partial charge in [-0.15, -0.1) is 21.8 Å². The highest BCUT2D eigenvalue weighted by molar-refractivity contribution is 6.16. The molecule has 1 unspecified atom stereocenters. The molecule has 0 N–H and O–H groups in total. The van der Waals surface area contributed by atoms with Crippen LogP contribution in [0.15, 0.2) is 0 Å². The number of halogens is 1. The lowest BCUT2D eigenvalue weighted by Crippen LogP contribution is -2.06. The second-order valence-corrected chi connectivity index (χ2v) is 3.71. The van der Waals surface area contributed by atoms with E-state index in [1.54, 1.807) is 0 Å². The van der Waals surface area contributed by atoms with Gasteiger partial charge < -0.3 is 4.57 Å². The predicted molar refractivity (Wildman–Crippen MR) is 53.7 cm³/mol. The quantitative estimate of drug-likeness (QED) is 0.699. The first kappa shape index (κ1) is 10.5. The monoisotopic (exact) mass is 201 g/mol. The summed E-state index contributed by atoms with van der Waals surface area (Å²) in [6.07, 6.45) is 2.15. The molecule has 0 aliphatic heterocycles. The minimum Gasteiger partial charge on any atom is -0.317 e. The first-order valence-corrected chi connectivity index (χ1v) is 5.15. The predicted octanol–water partition coefficient (Wildman–Crippen LogP) is 2.14. The summed E-state index contributed by atoms with van der Waals surface area (Å²) in [5.74, 6) is 2.97. The molecular formula is C9H16ClN3. The second kappa shape index (κ2) is 4.61. The Kier molecular flexibility index (Phi) is 3.72.